The van der Waals surface area contributed by atoms with Crippen LogP contribution in [0.3, 0.4) is 0 Å². The Bertz CT molecular complexity index is 1510. The number of benzene rings is 2. The second kappa shape index (κ2) is 11.6. The number of thiazole rings is 1. The van der Waals surface area contributed by atoms with E-state index in [2.05, 4.69) is 16.9 Å². The minimum atomic E-state index is -0.823. The van der Waals surface area contributed by atoms with Crippen LogP contribution in [-0.4, -0.2) is 48.8 Å². The Kier molecular flexibility index (Phi) is 8.20. The summed E-state index contributed by atoms with van der Waals surface area (Å²) >= 11 is 1.43. The number of rotatable bonds is 7. The number of ether oxygens (including phenoxy) is 4. The molecular formula is C28H30N4O6S. The number of nitrogens with zero attached hydrogens (tertiary/aromatic N) is 3. The van der Waals surface area contributed by atoms with Gasteiger partial charge in [0, 0.05) is 10.9 Å². The molecule has 0 atom stereocenters. The lowest BCUT2D eigenvalue weighted by Crippen LogP contribution is -2.26. The van der Waals surface area contributed by atoms with Gasteiger partial charge in [0.15, 0.2) is 18.1 Å². The van der Waals surface area contributed by atoms with Gasteiger partial charge in [0.05, 0.1) is 31.3 Å². The molecule has 0 saturated carbocycles. The van der Waals surface area contributed by atoms with Crippen molar-refractivity contribution in [2.24, 2.45) is 10.1 Å². The summed E-state index contributed by atoms with van der Waals surface area (Å²) in [6.07, 6.45) is 0.829. The highest BCUT2D eigenvalue weighted by molar-refractivity contribution is 7.07. The van der Waals surface area contributed by atoms with Gasteiger partial charge < -0.3 is 24.3 Å². The molecule has 0 bridgehead atoms. The van der Waals surface area contributed by atoms with E-state index in [-0.39, 0.29) is 18.3 Å². The average molecular weight is 551 g/mol. The van der Waals surface area contributed by atoms with Gasteiger partial charge in [-0.3, -0.25) is 9.79 Å². The van der Waals surface area contributed by atoms with Crippen LogP contribution in [0.15, 0.2) is 64.0 Å². The number of carbonyl (C=O) groups is 2. The van der Waals surface area contributed by atoms with Gasteiger partial charge in [0.1, 0.15) is 11.4 Å². The molecule has 1 aliphatic heterocycles. The first-order valence-corrected chi connectivity index (χ1v) is 13.0. The van der Waals surface area contributed by atoms with Crippen LogP contribution in [0, 0.1) is 0 Å². The number of aromatic nitrogens is 1. The molecule has 2 heterocycles. The lowest BCUT2D eigenvalue weighted by Gasteiger charge is -2.19. The van der Waals surface area contributed by atoms with Crippen LogP contribution < -0.4 is 24.3 Å². The molecule has 2 aromatic carbocycles. The number of carbonyl (C=O) groups excluding carboxylic acids is 2. The normalized spacial score (nSPS) is 13.5. The van der Waals surface area contributed by atoms with E-state index in [9.17, 15) is 9.59 Å². The lowest BCUT2D eigenvalue weighted by atomic mass is 10.1. The fraction of sp³-hybridized carbons (Fsp3) is 0.286. The first kappa shape index (κ1) is 27.6. The van der Waals surface area contributed by atoms with E-state index < -0.39 is 11.8 Å². The smallest absolute Gasteiger partial charge is 0.493 e. The van der Waals surface area contributed by atoms with E-state index in [1.807, 2.05) is 30.5 Å². The molecule has 10 nitrogen and oxygen atoms in total. The van der Waals surface area contributed by atoms with Crippen LogP contribution in [0.25, 0.3) is 11.3 Å². The quantitative estimate of drug-likeness (QED) is 0.187. The third-order valence-electron chi connectivity index (χ3n) is 5.17. The van der Waals surface area contributed by atoms with Crippen LogP contribution in [0.1, 0.15) is 33.3 Å². The van der Waals surface area contributed by atoms with Gasteiger partial charge in [-0.25, -0.2) is 9.47 Å². The number of hydrogen-bond donors (Lipinski definition) is 1. The molecule has 0 saturated heterocycles. The Hall–Kier alpha value is -4.38. The standard InChI is InChI=1S/C28H30N4O6S/c1-17(2)13-29-26-32(21(16-39-26)19-8-10-22-20(12-19)31-25(33)15-36-22)30-14-18-7-9-23(24(11-18)35-6)37-27(34)38-28(3,4)5/h7-12,14,16H,1,13,15H2,2-6H3,(H,31,33). The predicted molar refractivity (Wildman–Crippen MR) is 150 cm³/mol. The summed E-state index contributed by atoms with van der Waals surface area (Å²) in [5.74, 6) is 0.971. The van der Waals surface area contributed by atoms with Crippen LogP contribution in [0.5, 0.6) is 17.2 Å². The largest absolute Gasteiger partial charge is 0.514 e. The molecule has 1 amide bonds. The van der Waals surface area contributed by atoms with Crippen molar-refractivity contribution in [1.82, 2.24) is 4.68 Å². The molecule has 0 radical (unpaired) electrons. The maximum absolute atomic E-state index is 12.1. The van der Waals surface area contributed by atoms with Gasteiger partial charge in [-0.05, 0) is 69.7 Å². The SMILES string of the molecule is C=C(C)CN=c1scc(-c2ccc3c(c2)NC(=O)CO3)n1N=Cc1ccc(OC(=O)OC(C)(C)C)c(OC)c1. The van der Waals surface area contributed by atoms with Gasteiger partial charge in [-0.15, -0.1) is 11.3 Å². The zero-order chi connectivity index (χ0) is 28.2. The monoisotopic (exact) mass is 550 g/mol. The van der Waals surface area contributed by atoms with E-state index in [0.717, 1.165) is 16.8 Å². The lowest BCUT2D eigenvalue weighted by molar-refractivity contribution is -0.118. The number of fused-ring (bicyclic) bond motifs is 1. The summed E-state index contributed by atoms with van der Waals surface area (Å²) < 4.78 is 23.2. The Morgan fingerprint density at radius 2 is 2.03 bits per heavy atom. The summed E-state index contributed by atoms with van der Waals surface area (Å²) in [5, 5.41) is 9.48. The number of amides is 1. The minimum Gasteiger partial charge on any atom is -0.493 e. The molecular weight excluding hydrogens is 520 g/mol. The van der Waals surface area contributed by atoms with Crippen LogP contribution in [0.2, 0.25) is 0 Å². The summed E-state index contributed by atoms with van der Waals surface area (Å²) in [7, 11) is 1.48. The maximum atomic E-state index is 12.1. The molecule has 3 aromatic rings. The Labute approximate surface area is 230 Å². The van der Waals surface area contributed by atoms with Crippen molar-refractivity contribution in [3.8, 4) is 28.5 Å². The molecule has 4 rings (SSSR count). The third-order valence-corrected chi connectivity index (χ3v) is 6.02. The summed E-state index contributed by atoms with van der Waals surface area (Å²) in [6.45, 7) is 11.6. The molecule has 1 aliphatic rings. The van der Waals surface area contributed by atoms with Gasteiger partial charge in [0.25, 0.3) is 5.91 Å². The van der Waals surface area contributed by atoms with E-state index in [4.69, 9.17) is 24.0 Å². The molecule has 1 aromatic heterocycles. The third kappa shape index (κ3) is 7.14. The number of nitrogens with one attached hydrogen (secondary N) is 1. The van der Waals surface area contributed by atoms with E-state index in [0.29, 0.717) is 34.1 Å². The molecule has 0 spiro atoms. The number of methoxy groups -OCH3 is 1. The van der Waals surface area contributed by atoms with E-state index in [1.165, 1.54) is 18.4 Å². The first-order chi connectivity index (χ1) is 18.5. The number of anilines is 1. The Morgan fingerprint density at radius 3 is 2.74 bits per heavy atom. The van der Waals surface area contributed by atoms with E-state index >= 15 is 0 Å². The molecule has 204 valence electrons. The molecule has 11 heteroatoms. The molecule has 0 unspecified atom stereocenters. The summed E-state index contributed by atoms with van der Waals surface area (Å²) in [6, 6.07) is 10.6. The van der Waals surface area contributed by atoms with Crippen LogP contribution >= 0.6 is 11.3 Å². The summed E-state index contributed by atoms with van der Waals surface area (Å²) in [4.78, 5) is 29.2. The van der Waals surface area contributed by atoms with Crippen molar-refractivity contribution in [2.75, 3.05) is 25.6 Å². The van der Waals surface area contributed by atoms with Crippen molar-refractivity contribution < 1.29 is 28.5 Å². The Balaban J connectivity index is 1.67. The van der Waals surface area contributed by atoms with Crippen molar-refractivity contribution in [1.29, 1.82) is 0 Å². The van der Waals surface area contributed by atoms with Crippen molar-refractivity contribution in [3.63, 3.8) is 0 Å². The van der Waals surface area contributed by atoms with Crippen LogP contribution in [0.4, 0.5) is 10.5 Å². The van der Waals surface area contributed by atoms with Crippen LogP contribution in [-0.2, 0) is 9.53 Å². The summed E-state index contributed by atoms with van der Waals surface area (Å²) in [5.41, 5.74) is 3.12. The fourth-order valence-corrected chi connectivity index (χ4v) is 4.33. The van der Waals surface area contributed by atoms with Crippen molar-refractivity contribution in [3.05, 3.63) is 64.3 Å². The van der Waals surface area contributed by atoms with Crippen molar-refractivity contribution >= 4 is 35.3 Å². The molecule has 39 heavy (non-hydrogen) atoms. The van der Waals surface area contributed by atoms with Crippen molar-refractivity contribution in [2.45, 2.75) is 33.3 Å². The minimum absolute atomic E-state index is 0.00983. The molecule has 1 N–H and O–H groups in total. The molecule has 0 fully saturated rings. The maximum Gasteiger partial charge on any atom is 0.514 e. The van der Waals surface area contributed by atoms with Gasteiger partial charge in [-0.2, -0.15) is 5.10 Å². The van der Waals surface area contributed by atoms with Gasteiger partial charge in [0.2, 0.25) is 4.80 Å². The fourth-order valence-electron chi connectivity index (χ4n) is 3.50. The topological polar surface area (TPSA) is 113 Å². The average Bonchev–Trinajstić information content (AvgIpc) is 3.27. The Morgan fingerprint density at radius 1 is 1.23 bits per heavy atom. The highest BCUT2D eigenvalue weighted by atomic mass is 32.1. The van der Waals surface area contributed by atoms with Gasteiger partial charge in [-0.1, -0.05) is 12.2 Å². The zero-order valence-corrected chi connectivity index (χ0v) is 23.3. The predicted octanol–water partition coefficient (Wildman–Crippen LogP) is 5.23. The number of hydrogen-bond acceptors (Lipinski definition) is 9. The molecule has 0 aliphatic carbocycles. The first-order valence-electron chi connectivity index (χ1n) is 12.1. The van der Waals surface area contributed by atoms with Gasteiger partial charge >= 0.3 is 6.16 Å². The highest BCUT2D eigenvalue weighted by Crippen LogP contribution is 2.33. The highest BCUT2D eigenvalue weighted by Gasteiger charge is 2.20. The second-order valence-electron chi connectivity index (χ2n) is 9.76. The zero-order valence-electron chi connectivity index (χ0n) is 22.4. The van der Waals surface area contributed by atoms with E-state index in [1.54, 1.807) is 49.9 Å². The second-order valence-corrected chi connectivity index (χ2v) is 10.6.